The average Bonchev–Trinajstić information content (AvgIpc) is 2.34. The summed E-state index contributed by atoms with van der Waals surface area (Å²) in [6.45, 7) is 1.65. The van der Waals surface area contributed by atoms with Gasteiger partial charge in [-0.25, -0.2) is 0 Å². The van der Waals surface area contributed by atoms with Crippen molar-refractivity contribution in [3.63, 3.8) is 0 Å². The monoisotopic (exact) mass is 261 g/mol. The first-order chi connectivity index (χ1) is 8.34. The second kappa shape index (κ2) is 5.86. The number of hydrogen-bond donors (Lipinski definition) is 2. The molecule has 1 atom stereocenters. The minimum absolute atomic E-state index is 0.0158. The number of hydrogen-bond acceptors (Lipinski definition) is 2. The Morgan fingerprint density at radius 3 is 2.33 bits per heavy atom. The van der Waals surface area contributed by atoms with Gasteiger partial charge in [-0.1, -0.05) is 19.1 Å². The lowest BCUT2D eigenvalue weighted by Crippen LogP contribution is -2.27. The van der Waals surface area contributed by atoms with Crippen molar-refractivity contribution >= 4 is 5.91 Å². The second-order valence-corrected chi connectivity index (χ2v) is 3.79. The summed E-state index contributed by atoms with van der Waals surface area (Å²) in [5, 5.41) is 12.1. The van der Waals surface area contributed by atoms with Crippen molar-refractivity contribution in [3.05, 3.63) is 35.4 Å². The molecule has 0 saturated carbocycles. The Bertz CT molecular complexity index is 401. The van der Waals surface area contributed by atoms with Crippen molar-refractivity contribution in [2.45, 2.75) is 25.6 Å². The van der Waals surface area contributed by atoms with Gasteiger partial charge in [0.25, 0.3) is 0 Å². The summed E-state index contributed by atoms with van der Waals surface area (Å²) < 4.78 is 36.9. The quantitative estimate of drug-likeness (QED) is 0.873. The number of aliphatic hydroxyl groups is 1. The number of rotatable bonds is 4. The highest BCUT2D eigenvalue weighted by atomic mass is 19.4. The summed E-state index contributed by atoms with van der Waals surface area (Å²) in [4.78, 5) is 11.0. The van der Waals surface area contributed by atoms with Gasteiger partial charge in [-0.3, -0.25) is 4.79 Å². The van der Waals surface area contributed by atoms with Gasteiger partial charge in [0.05, 0.1) is 11.7 Å². The number of aliphatic hydroxyl groups excluding tert-OH is 1. The Balaban J connectivity index is 2.65. The molecule has 0 aliphatic heterocycles. The molecule has 1 rings (SSSR count). The lowest BCUT2D eigenvalue weighted by atomic mass is 10.1. The number of alkyl halides is 3. The van der Waals surface area contributed by atoms with Crippen molar-refractivity contribution in [1.29, 1.82) is 0 Å². The van der Waals surface area contributed by atoms with E-state index in [9.17, 15) is 23.1 Å². The number of carbonyl (C=O) groups excluding carboxylic acids is 1. The first-order valence-corrected chi connectivity index (χ1v) is 5.46. The average molecular weight is 261 g/mol. The predicted octanol–water partition coefficient (Wildman–Crippen LogP) is 2.27. The molecule has 3 nitrogen and oxygen atoms in total. The molecule has 0 heterocycles. The first-order valence-electron chi connectivity index (χ1n) is 5.46. The topological polar surface area (TPSA) is 49.3 Å². The number of benzene rings is 1. The van der Waals surface area contributed by atoms with Gasteiger partial charge in [0.1, 0.15) is 0 Å². The molecular formula is C12H14F3NO2. The number of amides is 1. The van der Waals surface area contributed by atoms with E-state index in [0.29, 0.717) is 12.0 Å². The van der Waals surface area contributed by atoms with Gasteiger partial charge in [-0.2, -0.15) is 13.2 Å². The molecule has 0 saturated heterocycles. The molecule has 6 heteroatoms. The molecule has 100 valence electrons. The molecule has 0 radical (unpaired) electrons. The van der Waals surface area contributed by atoms with Crippen LogP contribution in [0, 0.1) is 0 Å². The van der Waals surface area contributed by atoms with Gasteiger partial charge in [-0.15, -0.1) is 0 Å². The lowest BCUT2D eigenvalue weighted by molar-refractivity contribution is -0.137. The van der Waals surface area contributed by atoms with Crippen LogP contribution < -0.4 is 5.32 Å². The minimum Gasteiger partial charge on any atom is -0.387 e. The fraction of sp³-hybridized carbons (Fsp3) is 0.417. The van der Waals surface area contributed by atoms with E-state index in [-0.39, 0.29) is 12.5 Å². The highest BCUT2D eigenvalue weighted by Crippen LogP contribution is 2.29. The maximum Gasteiger partial charge on any atom is 0.416 e. The van der Waals surface area contributed by atoms with E-state index < -0.39 is 17.8 Å². The van der Waals surface area contributed by atoms with Gasteiger partial charge in [0.15, 0.2) is 0 Å². The molecular weight excluding hydrogens is 247 g/mol. The molecule has 18 heavy (non-hydrogen) atoms. The molecule has 0 aliphatic carbocycles. The molecule has 2 N–H and O–H groups in total. The molecule has 0 fully saturated rings. The molecule has 1 aromatic carbocycles. The van der Waals surface area contributed by atoms with Crippen LogP contribution in [0.15, 0.2) is 24.3 Å². The van der Waals surface area contributed by atoms with E-state index in [4.69, 9.17) is 0 Å². The molecule has 1 amide bonds. The molecule has 0 aromatic heterocycles. The largest absolute Gasteiger partial charge is 0.416 e. The zero-order valence-corrected chi connectivity index (χ0v) is 9.79. The summed E-state index contributed by atoms with van der Waals surface area (Å²) in [7, 11) is 0. The van der Waals surface area contributed by atoms with Crippen molar-refractivity contribution in [1.82, 2.24) is 5.32 Å². The van der Waals surface area contributed by atoms with E-state index in [0.717, 1.165) is 12.1 Å². The zero-order chi connectivity index (χ0) is 13.8. The van der Waals surface area contributed by atoms with E-state index in [1.54, 1.807) is 6.92 Å². The Morgan fingerprint density at radius 1 is 1.33 bits per heavy atom. The van der Waals surface area contributed by atoms with E-state index in [1.807, 2.05) is 0 Å². The number of halogens is 3. The molecule has 1 unspecified atom stereocenters. The lowest BCUT2D eigenvalue weighted by Gasteiger charge is -2.13. The van der Waals surface area contributed by atoms with Crippen LogP contribution in [-0.2, 0) is 11.0 Å². The van der Waals surface area contributed by atoms with E-state index in [2.05, 4.69) is 5.32 Å². The van der Waals surface area contributed by atoms with Crippen LogP contribution in [-0.4, -0.2) is 17.6 Å². The molecule has 0 bridgehead atoms. The SMILES string of the molecule is CCC(=O)NCC(O)c1ccc(C(F)(F)F)cc1. The Hall–Kier alpha value is -1.56. The van der Waals surface area contributed by atoms with E-state index >= 15 is 0 Å². The normalized spacial score (nSPS) is 13.2. The van der Waals surface area contributed by atoms with Crippen LogP contribution >= 0.6 is 0 Å². The second-order valence-electron chi connectivity index (χ2n) is 3.79. The first kappa shape index (κ1) is 14.5. The molecule has 0 spiro atoms. The zero-order valence-electron chi connectivity index (χ0n) is 9.79. The molecule has 0 aliphatic rings. The smallest absolute Gasteiger partial charge is 0.387 e. The third-order valence-electron chi connectivity index (χ3n) is 2.44. The summed E-state index contributed by atoms with van der Waals surface area (Å²) in [5.74, 6) is -0.221. The number of carbonyl (C=O) groups is 1. The summed E-state index contributed by atoms with van der Waals surface area (Å²) >= 11 is 0. The summed E-state index contributed by atoms with van der Waals surface area (Å²) in [6, 6.07) is 4.21. The third kappa shape index (κ3) is 4.03. The van der Waals surface area contributed by atoms with Gasteiger partial charge in [-0.05, 0) is 17.7 Å². The molecule has 1 aromatic rings. The van der Waals surface area contributed by atoms with Crippen LogP contribution in [0.3, 0.4) is 0 Å². The van der Waals surface area contributed by atoms with Gasteiger partial charge in [0, 0.05) is 13.0 Å². The number of nitrogens with one attached hydrogen (secondary N) is 1. The highest BCUT2D eigenvalue weighted by molar-refractivity contribution is 5.75. The summed E-state index contributed by atoms with van der Waals surface area (Å²) in [5.41, 5.74) is -0.435. The predicted molar refractivity (Wildman–Crippen MR) is 59.7 cm³/mol. The van der Waals surface area contributed by atoms with Crippen molar-refractivity contribution in [2.75, 3.05) is 6.54 Å². The van der Waals surface area contributed by atoms with Crippen molar-refractivity contribution < 1.29 is 23.1 Å². The minimum atomic E-state index is -4.39. The Kier molecular flexibility index (Phi) is 4.72. The van der Waals surface area contributed by atoms with Gasteiger partial charge in [0.2, 0.25) is 5.91 Å². The Labute approximate surface area is 103 Å². The maximum absolute atomic E-state index is 12.3. The third-order valence-corrected chi connectivity index (χ3v) is 2.44. The van der Waals surface area contributed by atoms with Gasteiger partial charge >= 0.3 is 6.18 Å². The fourth-order valence-corrected chi connectivity index (χ4v) is 1.35. The fourth-order valence-electron chi connectivity index (χ4n) is 1.35. The van der Waals surface area contributed by atoms with Crippen molar-refractivity contribution in [2.24, 2.45) is 0 Å². The Morgan fingerprint density at radius 2 is 1.89 bits per heavy atom. The van der Waals surface area contributed by atoms with Crippen LogP contribution in [0.5, 0.6) is 0 Å². The van der Waals surface area contributed by atoms with E-state index in [1.165, 1.54) is 12.1 Å². The highest BCUT2D eigenvalue weighted by Gasteiger charge is 2.30. The standard InChI is InChI=1S/C12H14F3NO2/c1-2-11(18)16-7-10(17)8-3-5-9(6-4-8)12(13,14)15/h3-6,10,17H,2,7H2,1H3,(H,16,18). The van der Waals surface area contributed by atoms with Gasteiger partial charge < -0.3 is 10.4 Å². The maximum atomic E-state index is 12.3. The van der Waals surface area contributed by atoms with Crippen LogP contribution in [0.2, 0.25) is 0 Å². The van der Waals surface area contributed by atoms with Crippen LogP contribution in [0.25, 0.3) is 0 Å². The van der Waals surface area contributed by atoms with Crippen molar-refractivity contribution in [3.8, 4) is 0 Å². The summed E-state index contributed by atoms with van der Waals surface area (Å²) in [6.07, 6.45) is -5.11. The van der Waals surface area contributed by atoms with Crippen LogP contribution in [0.1, 0.15) is 30.6 Å². The van der Waals surface area contributed by atoms with Crippen LogP contribution in [0.4, 0.5) is 13.2 Å².